The van der Waals surface area contributed by atoms with Crippen LogP contribution in [-0.2, 0) is 19.1 Å². The highest BCUT2D eigenvalue weighted by Crippen LogP contribution is 2.34. The minimum absolute atomic E-state index is 0.0206. The molecule has 1 N–H and O–H groups in total. The first-order valence-electron chi connectivity index (χ1n) is 6.21. The van der Waals surface area contributed by atoms with Gasteiger partial charge in [-0.05, 0) is 26.7 Å². The quantitative estimate of drug-likeness (QED) is 0.391. The van der Waals surface area contributed by atoms with Crippen LogP contribution in [0.4, 0.5) is 0 Å². The van der Waals surface area contributed by atoms with E-state index in [0.717, 1.165) is 0 Å². The lowest BCUT2D eigenvalue weighted by Gasteiger charge is -2.28. The van der Waals surface area contributed by atoms with Gasteiger partial charge in [0.05, 0.1) is 19.8 Å². The van der Waals surface area contributed by atoms with Gasteiger partial charge in [0.2, 0.25) is 0 Å². The summed E-state index contributed by atoms with van der Waals surface area (Å²) in [7, 11) is 0. The second kappa shape index (κ2) is 8.48. The number of esters is 2. The van der Waals surface area contributed by atoms with Gasteiger partial charge >= 0.3 is 11.9 Å². The van der Waals surface area contributed by atoms with Gasteiger partial charge in [0, 0.05) is 0 Å². The molecule has 0 rings (SSSR count). The molecule has 0 aromatic heterocycles. The smallest absolute Gasteiger partial charge is 0.324 e. The number of carbonyl (C=O) groups is 2. The third-order valence-corrected chi connectivity index (χ3v) is 2.60. The molecule has 5 heteroatoms. The summed E-state index contributed by atoms with van der Waals surface area (Å²) in [4.78, 5) is 24.3. The van der Waals surface area contributed by atoms with E-state index in [4.69, 9.17) is 14.6 Å². The predicted molar refractivity (Wildman–Crippen MR) is 71.4 cm³/mol. The Kier molecular flexibility index (Phi) is 7.75. The molecular formula is C14H22O5. The largest absolute Gasteiger partial charge is 0.465 e. The second-order valence-electron chi connectivity index (χ2n) is 4.10. The summed E-state index contributed by atoms with van der Waals surface area (Å²) < 4.78 is 9.93. The average Bonchev–Trinajstić information content (AvgIpc) is 2.38. The molecule has 0 aromatic rings. The number of allylic oxidation sites excluding steroid dienone is 1. The molecule has 0 atom stereocenters. The lowest BCUT2D eigenvalue weighted by Crippen LogP contribution is -2.42. The van der Waals surface area contributed by atoms with Crippen molar-refractivity contribution in [3.05, 3.63) is 24.8 Å². The van der Waals surface area contributed by atoms with E-state index in [1.165, 1.54) is 6.08 Å². The fraction of sp³-hybridized carbons (Fsp3) is 0.571. The zero-order valence-electron chi connectivity index (χ0n) is 11.6. The van der Waals surface area contributed by atoms with Crippen molar-refractivity contribution < 1.29 is 24.2 Å². The highest BCUT2D eigenvalue weighted by Gasteiger charge is 2.48. The monoisotopic (exact) mass is 270 g/mol. The molecule has 0 aliphatic rings. The van der Waals surface area contributed by atoms with E-state index >= 15 is 0 Å². The van der Waals surface area contributed by atoms with Crippen LogP contribution in [0.15, 0.2) is 24.8 Å². The van der Waals surface area contributed by atoms with Crippen LogP contribution in [0.25, 0.3) is 0 Å². The molecule has 108 valence electrons. The molecule has 0 amide bonds. The molecule has 0 aliphatic heterocycles. The minimum atomic E-state index is -1.51. The number of rotatable bonds is 9. The standard InChI is InChI=1S/C14H22O5/c1-5-8-14(9-11(4)10-15,12(16)18-6-2)13(17)19-7-3/h5,15H,1,4,6-10H2,2-3H3. The van der Waals surface area contributed by atoms with Crippen LogP contribution >= 0.6 is 0 Å². The van der Waals surface area contributed by atoms with Crippen molar-refractivity contribution in [1.29, 1.82) is 0 Å². The van der Waals surface area contributed by atoms with Crippen LogP contribution in [0.1, 0.15) is 26.7 Å². The molecule has 0 aromatic carbocycles. The number of aliphatic hydroxyl groups is 1. The summed E-state index contributed by atoms with van der Waals surface area (Å²) in [5, 5.41) is 9.06. The Morgan fingerprint density at radius 1 is 1.21 bits per heavy atom. The topological polar surface area (TPSA) is 72.8 Å². The van der Waals surface area contributed by atoms with Crippen molar-refractivity contribution in [3.63, 3.8) is 0 Å². The van der Waals surface area contributed by atoms with Crippen LogP contribution in [-0.4, -0.2) is 36.9 Å². The van der Waals surface area contributed by atoms with Gasteiger partial charge in [-0.3, -0.25) is 9.59 Å². The van der Waals surface area contributed by atoms with Gasteiger partial charge in [-0.1, -0.05) is 18.2 Å². The highest BCUT2D eigenvalue weighted by atomic mass is 16.6. The van der Waals surface area contributed by atoms with Crippen molar-refractivity contribution in [2.24, 2.45) is 5.41 Å². The normalized spacial score (nSPS) is 10.7. The van der Waals surface area contributed by atoms with Crippen LogP contribution in [0.2, 0.25) is 0 Å². The van der Waals surface area contributed by atoms with Gasteiger partial charge in [0.15, 0.2) is 5.41 Å². The van der Waals surface area contributed by atoms with Crippen molar-refractivity contribution in [1.82, 2.24) is 0 Å². The molecule has 5 nitrogen and oxygen atoms in total. The lowest BCUT2D eigenvalue weighted by atomic mass is 9.78. The average molecular weight is 270 g/mol. The van der Waals surface area contributed by atoms with E-state index in [0.29, 0.717) is 5.57 Å². The van der Waals surface area contributed by atoms with Crippen LogP contribution in [0.5, 0.6) is 0 Å². The number of hydrogen-bond donors (Lipinski definition) is 1. The van der Waals surface area contributed by atoms with Gasteiger partial charge < -0.3 is 14.6 Å². The fourth-order valence-electron chi connectivity index (χ4n) is 1.73. The maximum Gasteiger partial charge on any atom is 0.324 e. The van der Waals surface area contributed by atoms with Crippen LogP contribution in [0, 0.1) is 5.41 Å². The first-order valence-corrected chi connectivity index (χ1v) is 6.21. The maximum absolute atomic E-state index is 12.1. The third kappa shape index (κ3) is 4.52. The second-order valence-corrected chi connectivity index (χ2v) is 4.10. The van der Waals surface area contributed by atoms with Crippen molar-refractivity contribution >= 4 is 11.9 Å². The molecule has 0 spiro atoms. The molecule has 0 bridgehead atoms. The summed E-state index contributed by atoms with van der Waals surface area (Å²) >= 11 is 0. The Morgan fingerprint density at radius 3 is 2.00 bits per heavy atom. The van der Waals surface area contributed by atoms with E-state index in [-0.39, 0.29) is 32.7 Å². The molecule has 0 saturated heterocycles. The van der Waals surface area contributed by atoms with Crippen molar-refractivity contribution in [3.8, 4) is 0 Å². The van der Waals surface area contributed by atoms with Crippen LogP contribution < -0.4 is 0 Å². The predicted octanol–water partition coefficient (Wildman–Crippen LogP) is 1.61. The molecule has 0 aliphatic carbocycles. The summed E-state index contributed by atoms with van der Waals surface area (Å²) in [5.41, 5.74) is -1.14. The molecule has 19 heavy (non-hydrogen) atoms. The van der Waals surface area contributed by atoms with E-state index in [2.05, 4.69) is 13.2 Å². The van der Waals surface area contributed by atoms with Gasteiger partial charge in [0.1, 0.15) is 0 Å². The number of carbonyl (C=O) groups excluding carboxylic acids is 2. The summed E-state index contributed by atoms with van der Waals surface area (Å²) in [6.45, 7) is 10.5. The fourth-order valence-corrected chi connectivity index (χ4v) is 1.73. The Bertz CT molecular complexity index is 328. The molecule has 0 saturated carbocycles. The number of aliphatic hydroxyl groups excluding tert-OH is 1. The van der Waals surface area contributed by atoms with Gasteiger partial charge in [-0.15, -0.1) is 6.58 Å². The van der Waals surface area contributed by atoms with Crippen molar-refractivity contribution in [2.45, 2.75) is 26.7 Å². The molecule has 0 heterocycles. The van der Waals surface area contributed by atoms with Crippen LogP contribution in [0.3, 0.4) is 0 Å². The molecule has 0 unspecified atom stereocenters. The van der Waals surface area contributed by atoms with E-state index in [9.17, 15) is 9.59 Å². The Balaban J connectivity index is 5.44. The maximum atomic E-state index is 12.1. The van der Waals surface area contributed by atoms with E-state index < -0.39 is 17.4 Å². The zero-order valence-corrected chi connectivity index (χ0v) is 11.6. The Hall–Kier alpha value is -1.62. The minimum Gasteiger partial charge on any atom is -0.465 e. The zero-order chi connectivity index (χ0) is 14.9. The Morgan fingerprint density at radius 2 is 1.68 bits per heavy atom. The molecule has 0 fully saturated rings. The third-order valence-electron chi connectivity index (χ3n) is 2.60. The molecule has 0 radical (unpaired) electrons. The first kappa shape index (κ1) is 17.4. The highest BCUT2D eigenvalue weighted by molar-refractivity contribution is 6.00. The van der Waals surface area contributed by atoms with Gasteiger partial charge in [-0.25, -0.2) is 0 Å². The van der Waals surface area contributed by atoms with Gasteiger partial charge in [-0.2, -0.15) is 0 Å². The number of hydrogen-bond acceptors (Lipinski definition) is 5. The summed E-state index contributed by atoms with van der Waals surface area (Å²) in [5.74, 6) is -1.36. The Labute approximate surface area is 113 Å². The summed E-state index contributed by atoms with van der Waals surface area (Å²) in [6.07, 6.45) is 1.51. The number of ether oxygens (including phenoxy) is 2. The van der Waals surface area contributed by atoms with E-state index in [1.54, 1.807) is 13.8 Å². The van der Waals surface area contributed by atoms with Gasteiger partial charge in [0.25, 0.3) is 0 Å². The van der Waals surface area contributed by atoms with E-state index in [1.807, 2.05) is 0 Å². The summed E-state index contributed by atoms with van der Waals surface area (Å²) in [6, 6.07) is 0. The van der Waals surface area contributed by atoms with Crippen molar-refractivity contribution in [2.75, 3.05) is 19.8 Å². The lowest BCUT2D eigenvalue weighted by molar-refractivity contribution is -0.172. The molecular weight excluding hydrogens is 248 g/mol. The SMILES string of the molecule is C=CCC(CC(=C)CO)(C(=O)OCC)C(=O)OCC. The first-order chi connectivity index (χ1) is 8.98.